The average Bonchev–Trinajstić information content (AvgIpc) is 2.89. The predicted molar refractivity (Wildman–Crippen MR) is 82.7 cm³/mol. The summed E-state index contributed by atoms with van der Waals surface area (Å²) in [5, 5.41) is 9.07. The van der Waals surface area contributed by atoms with Crippen LogP contribution in [0.4, 0.5) is 0 Å². The third kappa shape index (κ3) is 2.90. The maximum atomic E-state index is 4.54. The minimum Gasteiger partial charge on any atom is -0.304 e. The molecule has 0 fully saturated rings. The van der Waals surface area contributed by atoms with Gasteiger partial charge in [-0.05, 0) is 43.2 Å². The van der Waals surface area contributed by atoms with E-state index in [1.807, 2.05) is 10.9 Å². The first-order valence-corrected chi connectivity index (χ1v) is 8.07. The Labute approximate surface area is 126 Å². The van der Waals surface area contributed by atoms with Gasteiger partial charge in [0.15, 0.2) is 0 Å². The molecule has 0 saturated heterocycles. The zero-order chi connectivity index (χ0) is 14.0. The van der Waals surface area contributed by atoms with E-state index in [4.69, 9.17) is 0 Å². The summed E-state index contributed by atoms with van der Waals surface area (Å²) < 4.78 is 3.08. The van der Waals surface area contributed by atoms with E-state index in [0.29, 0.717) is 0 Å². The molecule has 0 radical (unpaired) electrons. The predicted octanol–water partition coefficient (Wildman–Crippen LogP) is 3.44. The van der Waals surface area contributed by atoms with Crippen molar-refractivity contribution in [2.24, 2.45) is 0 Å². The second-order valence-corrected chi connectivity index (χ2v) is 6.46. The van der Waals surface area contributed by atoms with Crippen LogP contribution in [0, 0.1) is 13.8 Å². The molecule has 0 aliphatic heterocycles. The van der Waals surface area contributed by atoms with Crippen LogP contribution in [0.5, 0.6) is 0 Å². The van der Waals surface area contributed by atoms with E-state index < -0.39 is 0 Å². The van der Waals surface area contributed by atoms with Gasteiger partial charge in [-0.2, -0.15) is 5.10 Å². The molecule has 1 N–H and O–H groups in total. The topological polar surface area (TPSA) is 42.7 Å². The molecule has 0 saturated carbocycles. The largest absolute Gasteiger partial charge is 0.304 e. The molecule has 0 aliphatic carbocycles. The number of aryl methyl sites for hydroxylation is 3. The first-order chi connectivity index (χ1) is 9.08. The van der Waals surface area contributed by atoms with Crippen LogP contribution in [0.1, 0.15) is 41.2 Å². The van der Waals surface area contributed by atoms with Crippen molar-refractivity contribution in [3.63, 3.8) is 0 Å². The smallest absolute Gasteiger partial charge is 0.0900 e. The van der Waals surface area contributed by atoms with E-state index in [1.54, 1.807) is 11.3 Å². The van der Waals surface area contributed by atoms with Gasteiger partial charge in [0.2, 0.25) is 0 Å². The van der Waals surface area contributed by atoms with Crippen LogP contribution in [-0.4, -0.2) is 21.3 Å². The molecule has 1 atom stereocenters. The van der Waals surface area contributed by atoms with Gasteiger partial charge >= 0.3 is 0 Å². The summed E-state index contributed by atoms with van der Waals surface area (Å²) in [6.45, 7) is 10.1. The van der Waals surface area contributed by atoms with Crippen molar-refractivity contribution in [1.29, 1.82) is 0 Å². The first kappa shape index (κ1) is 14.7. The molecule has 2 aromatic heterocycles. The van der Waals surface area contributed by atoms with Crippen LogP contribution in [0.2, 0.25) is 0 Å². The molecule has 0 aliphatic rings. The number of hydrogen-bond donors (Lipinski definition) is 1. The molecule has 6 heteroatoms. The summed E-state index contributed by atoms with van der Waals surface area (Å²) >= 11 is 5.37. The third-order valence-electron chi connectivity index (χ3n) is 3.02. The molecular formula is C13H19BrN4S. The molecule has 0 amide bonds. The van der Waals surface area contributed by atoms with Crippen LogP contribution < -0.4 is 5.32 Å². The fourth-order valence-electron chi connectivity index (χ4n) is 2.24. The normalized spacial score (nSPS) is 12.9. The van der Waals surface area contributed by atoms with Crippen LogP contribution in [0.25, 0.3) is 0 Å². The van der Waals surface area contributed by atoms with Gasteiger partial charge in [0, 0.05) is 6.54 Å². The maximum Gasteiger partial charge on any atom is 0.0900 e. The Morgan fingerprint density at radius 3 is 2.68 bits per heavy atom. The van der Waals surface area contributed by atoms with E-state index in [1.165, 1.54) is 10.6 Å². The Kier molecular flexibility index (Phi) is 4.76. The fourth-order valence-corrected chi connectivity index (χ4v) is 3.78. The van der Waals surface area contributed by atoms with Crippen LogP contribution in [-0.2, 0) is 6.54 Å². The molecular weight excluding hydrogens is 324 g/mol. The number of rotatable bonds is 5. The second-order valence-electron chi connectivity index (χ2n) is 4.37. The summed E-state index contributed by atoms with van der Waals surface area (Å²) in [4.78, 5) is 5.82. The Morgan fingerprint density at radius 2 is 2.16 bits per heavy atom. The van der Waals surface area contributed by atoms with Crippen LogP contribution >= 0.6 is 27.3 Å². The molecule has 2 heterocycles. The van der Waals surface area contributed by atoms with E-state index in [-0.39, 0.29) is 6.04 Å². The number of thiazole rings is 1. The quantitative estimate of drug-likeness (QED) is 0.904. The lowest BCUT2D eigenvalue weighted by Crippen LogP contribution is -2.25. The standard InChI is InChI=1S/C13H19BrN4S/c1-5-15-11(13-8(3)17-9(4)19-13)12-10(14)7-16-18(12)6-2/h7,11,15H,5-6H2,1-4H3. The van der Waals surface area contributed by atoms with Crippen molar-refractivity contribution in [2.45, 2.75) is 40.3 Å². The maximum absolute atomic E-state index is 4.54. The van der Waals surface area contributed by atoms with Gasteiger partial charge in [-0.1, -0.05) is 6.92 Å². The van der Waals surface area contributed by atoms with Gasteiger partial charge in [0.1, 0.15) is 0 Å². The van der Waals surface area contributed by atoms with Crippen molar-refractivity contribution in [3.05, 3.63) is 31.9 Å². The zero-order valence-corrected chi connectivity index (χ0v) is 14.1. The van der Waals surface area contributed by atoms with Gasteiger partial charge in [0.05, 0.1) is 38.0 Å². The first-order valence-electron chi connectivity index (χ1n) is 6.46. The summed E-state index contributed by atoms with van der Waals surface area (Å²) in [6.07, 6.45) is 1.87. The molecule has 104 valence electrons. The Balaban J connectivity index is 2.51. The Morgan fingerprint density at radius 1 is 1.42 bits per heavy atom. The highest BCUT2D eigenvalue weighted by molar-refractivity contribution is 9.10. The minimum atomic E-state index is 0.146. The van der Waals surface area contributed by atoms with E-state index >= 15 is 0 Å². The summed E-state index contributed by atoms with van der Waals surface area (Å²) in [5.41, 5.74) is 2.28. The molecule has 4 nitrogen and oxygen atoms in total. The monoisotopic (exact) mass is 342 g/mol. The molecule has 0 bridgehead atoms. The van der Waals surface area contributed by atoms with E-state index in [0.717, 1.165) is 28.3 Å². The lowest BCUT2D eigenvalue weighted by molar-refractivity contribution is 0.543. The number of nitrogens with one attached hydrogen (secondary N) is 1. The van der Waals surface area contributed by atoms with Gasteiger partial charge < -0.3 is 5.32 Å². The molecule has 0 aromatic carbocycles. The van der Waals surface area contributed by atoms with Crippen molar-refractivity contribution in [3.8, 4) is 0 Å². The minimum absolute atomic E-state index is 0.146. The highest BCUT2D eigenvalue weighted by Crippen LogP contribution is 2.33. The Hall–Kier alpha value is -0.720. The summed E-state index contributed by atoms with van der Waals surface area (Å²) in [5.74, 6) is 0. The van der Waals surface area contributed by atoms with Crippen LogP contribution in [0.3, 0.4) is 0 Å². The molecule has 19 heavy (non-hydrogen) atoms. The zero-order valence-electron chi connectivity index (χ0n) is 11.7. The highest BCUT2D eigenvalue weighted by atomic mass is 79.9. The van der Waals surface area contributed by atoms with Crippen molar-refractivity contribution >= 4 is 27.3 Å². The van der Waals surface area contributed by atoms with Gasteiger partial charge in [-0.3, -0.25) is 4.68 Å². The average molecular weight is 343 g/mol. The lowest BCUT2D eigenvalue weighted by atomic mass is 10.1. The van der Waals surface area contributed by atoms with E-state index in [2.05, 4.69) is 59.0 Å². The van der Waals surface area contributed by atoms with Crippen molar-refractivity contribution in [1.82, 2.24) is 20.1 Å². The van der Waals surface area contributed by atoms with Crippen molar-refractivity contribution in [2.75, 3.05) is 6.54 Å². The molecule has 0 spiro atoms. The number of nitrogens with zero attached hydrogens (tertiary/aromatic N) is 3. The Bertz CT molecular complexity index is 561. The highest BCUT2D eigenvalue weighted by Gasteiger charge is 2.24. The van der Waals surface area contributed by atoms with Gasteiger partial charge in [-0.15, -0.1) is 11.3 Å². The second kappa shape index (κ2) is 6.15. The summed E-state index contributed by atoms with van der Waals surface area (Å²) in [7, 11) is 0. The van der Waals surface area contributed by atoms with Gasteiger partial charge in [0.25, 0.3) is 0 Å². The molecule has 2 aromatic rings. The van der Waals surface area contributed by atoms with Gasteiger partial charge in [-0.25, -0.2) is 4.98 Å². The third-order valence-corrected chi connectivity index (χ3v) is 4.76. The number of hydrogen-bond acceptors (Lipinski definition) is 4. The molecule has 2 rings (SSSR count). The number of aromatic nitrogens is 3. The SMILES string of the molecule is CCNC(c1sc(C)nc1C)c1c(Br)cnn1CC. The van der Waals surface area contributed by atoms with Crippen molar-refractivity contribution < 1.29 is 0 Å². The number of halogens is 1. The lowest BCUT2D eigenvalue weighted by Gasteiger charge is -2.19. The van der Waals surface area contributed by atoms with E-state index in [9.17, 15) is 0 Å². The molecule has 1 unspecified atom stereocenters. The van der Waals surface area contributed by atoms with Crippen LogP contribution in [0.15, 0.2) is 10.7 Å². The summed E-state index contributed by atoms with van der Waals surface area (Å²) in [6, 6.07) is 0.146. The fraction of sp³-hybridized carbons (Fsp3) is 0.538.